The predicted molar refractivity (Wildman–Crippen MR) is 106 cm³/mol. The fraction of sp³-hybridized carbons (Fsp3) is 0.529. The molecule has 1 aromatic rings. The van der Waals surface area contributed by atoms with Gasteiger partial charge in [0, 0.05) is 31.8 Å². The smallest absolute Gasteiger partial charge is 0.269 e. The number of nitrogens with zero attached hydrogens (tertiary/aromatic N) is 1. The molecular formula is C17H24N4O5S2. The molecule has 1 atom stereocenters. The number of benzene rings is 1. The normalized spacial score (nSPS) is 20.5. The van der Waals surface area contributed by atoms with E-state index < -0.39 is 15.9 Å². The van der Waals surface area contributed by atoms with E-state index in [0.717, 1.165) is 19.4 Å². The standard InChI is InChI=1S/C17H24N4O5S2/c22-16(19-20-17(27)18-12-14-2-1-9-26-14)13-3-5-15(6-4-13)28(23,24)21-7-10-25-11-8-21/h3-6,14H,1-2,7-12H2,(H,19,22)(H2,18,20,27)/t14-/m1/s1. The molecule has 1 amide bonds. The number of hydrogen-bond donors (Lipinski definition) is 3. The first-order chi connectivity index (χ1) is 13.5. The number of hydrazine groups is 1. The maximum atomic E-state index is 12.6. The minimum atomic E-state index is -3.58. The summed E-state index contributed by atoms with van der Waals surface area (Å²) in [5.74, 6) is -0.420. The largest absolute Gasteiger partial charge is 0.379 e. The Morgan fingerprint density at radius 2 is 1.86 bits per heavy atom. The molecule has 1 aromatic carbocycles. The highest BCUT2D eigenvalue weighted by molar-refractivity contribution is 7.89. The summed E-state index contributed by atoms with van der Waals surface area (Å²) in [4.78, 5) is 12.4. The van der Waals surface area contributed by atoms with Crippen molar-refractivity contribution in [3.8, 4) is 0 Å². The summed E-state index contributed by atoms with van der Waals surface area (Å²) < 4.78 is 37.2. The number of morpholine rings is 1. The van der Waals surface area contributed by atoms with E-state index in [1.54, 1.807) is 0 Å². The molecule has 154 valence electrons. The second-order valence-corrected chi connectivity index (χ2v) is 8.81. The molecule has 2 saturated heterocycles. The quantitative estimate of drug-likeness (QED) is 0.444. The summed E-state index contributed by atoms with van der Waals surface area (Å²) in [5.41, 5.74) is 5.43. The van der Waals surface area contributed by atoms with Crippen molar-refractivity contribution in [2.24, 2.45) is 0 Å². The molecule has 0 unspecified atom stereocenters. The highest BCUT2D eigenvalue weighted by atomic mass is 32.2. The number of ether oxygens (including phenoxy) is 2. The summed E-state index contributed by atoms with van der Waals surface area (Å²) in [7, 11) is -3.58. The lowest BCUT2D eigenvalue weighted by Crippen LogP contribution is -2.48. The van der Waals surface area contributed by atoms with Crippen LogP contribution in [0.5, 0.6) is 0 Å². The molecule has 0 spiro atoms. The third kappa shape index (κ3) is 5.39. The highest BCUT2D eigenvalue weighted by Gasteiger charge is 2.26. The number of carbonyl (C=O) groups is 1. The first kappa shape index (κ1) is 20.9. The molecule has 3 N–H and O–H groups in total. The summed E-state index contributed by atoms with van der Waals surface area (Å²) in [5, 5.41) is 3.27. The van der Waals surface area contributed by atoms with Crippen LogP contribution >= 0.6 is 12.2 Å². The van der Waals surface area contributed by atoms with Gasteiger partial charge in [0.25, 0.3) is 5.91 Å². The zero-order chi connectivity index (χ0) is 20.0. The Morgan fingerprint density at radius 3 is 2.50 bits per heavy atom. The fourth-order valence-corrected chi connectivity index (χ4v) is 4.50. The Labute approximate surface area is 169 Å². The van der Waals surface area contributed by atoms with Crippen molar-refractivity contribution in [3.05, 3.63) is 29.8 Å². The predicted octanol–water partition coefficient (Wildman–Crippen LogP) is -0.00460. The van der Waals surface area contributed by atoms with Crippen LogP contribution in [0.4, 0.5) is 0 Å². The van der Waals surface area contributed by atoms with Gasteiger partial charge in [-0.3, -0.25) is 15.6 Å². The highest BCUT2D eigenvalue weighted by Crippen LogP contribution is 2.17. The minimum absolute atomic E-state index is 0.136. The Hall–Kier alpha value is -1.79. The van der Waals surface area contributed by atoms with Gasteiger partial charge in [-0.25, -0.2) is 8.42 Å². The van der Waals surface area contributed by atoms with Crippen LogP contribution in [0.3, 0.4) is 0 Å². The Kier molecular flexibility index (Phi) is 7.18. The van der Waals surface area contributed by atoms with Gasteiger partial charge in [-0.2, -0.15) is 4.31 Å². The van der Waals surface area contributed by atoms with E-state index in [0.29, 0.717) is 38.4 Å². The Bertz CT molecular complexity index is 788. The molecule has 9 nitrogen and oxygen atoms in total. The van der Waals surface area contributed by atoms with Gasteiger partial charge in [0.1, 0.15) is 0 Å². The van der Waals surface area contributed by atoms with E-state index in [4.69, 9.17) is 21.7 Å². The van der Waals surface area contributed by atoms with E-state index in [2.05, 4.69) is 16.2 Å². The zero-order valence-electron chi connectivity index (χ0n) is 15.3. The molecule has 0 saturated carbocycles. The van der Waals surface area contributed by atoms with Gasteiger partial charge < -0.3 is 14.8 Å². The molecule has 0 aromatic heterocycles. The molecule has 2 fully saturated rings. The zero-order valence-corrected chi connectivity index (χ0v) is 17.0. The summed E-state index contributed by atoms with van der Waals surface area (Å²) in [6.07, 6.45) is 2.17. The van der Waals surface area contributed by atoms with Gasteiger partial charge in [-0.1, -0.05) is 0 Å². The molecule has 3 rings (SSSR count). The van der Waals surface area contributed by atoms with Gasteiger partial charge >= 0.3 is 0 Å². The maximum absolute atomic E-state index is 12.6. The average molecular weight is 429 g/mol. The number of thiocarbonyl (C=S) groups is 1. The lowest BCUT2D eigenvalue weighted by atomic mass is 10.2. The van der Waals surface area contributed by atoms with Crippen LogP contribution in [0.15, 0.2) is 29.2 Å². The van der Waals surface area contributed by atoms with E-state index in [-0.39, 0.29) is 16.1 Å². The van der Waals surface area contributed by atoms with Crippen molar-refractivity contribution in [3.63, 3.8) is 0 Å². The number of amides is 1. The number of rotatable bonds is 5. The average Bonchev–Trinajstić information content (AvgIpc) is 3.25. The first-order valence-corrected chi connectivity index (χ1v) is 11.0. The fourth-order valence-electron chi connectivity index (χ4n) is 2.96. The van der Waals surface area contributed by atoms with Crippen LogP contribution in [0.2, 0.25) is 0 Å². The van der Waals surface area contributed by atoms with E-state index in [9.17, 15) is 13.2 Å². The van der Waals surface area contributed by atoms with E-state index >= 15 is 0 Å². The van der Waals surface area contributed by atoms with Gasteiger partial charge in [0.15, 0.2) is 5.11 Å². The molecule has 2 aliphatic rings. The monoisotopic (exact) mass is 428 g/mol. The van der Waals surface area contributed by atoms with Crippen LogP contribution in [-0.4, -0.2) is 69.3 Å². The van der Waals surface area contributed by atoms with Crippen LogP contribution in [0.1, 0.15) is 23.2 Å². The molecule has 2 heterocycles. The van der Waals surface area contributed by atoms with Crippen LogP contribution in [0, 0.1) is 0 Å². The Morgan fingerprint density at radius 1 is 1.14 bits per heavy atom. The van der Waals surface area contributed by atoms with Crippen molar-refractivity contribution < 1.29 is 22.7 Å². The van der Waals surface area contributed by atoms with Crippen molar-refractivity contribution >= 4 is 33.3 Å². The molecule has 28 heavy (non-hydrogen) atoms. The second-order valence-electron chi connectivity index (χ2n) is 6.47. The topological polar surface area (TPSA) is 109 Å². The van der Waals surface area contributed by atoms with Crippen molar-refractivity contribution in [1.29, 1.82) is 0 Å². The van der Waals surface area contributed by atoms with Crippen LogP contribution in [0.25, 0.3) is 0 Å². The van der Waals surface area contributed by atoms with Gasteiger partial charge in [-0.15, -0.1) is 0 Å². The van der Waals surface area contributed by atoms with E-state index in [1.165, 1.54) is 28.6 Å². The van der Waals surface area contributed by atoms with Crippen molar-refractivity contribution in [2.45, 2.75) is 23.8 Å². The third-order valence-corrected chi connectivity index (χ3v) is 6.69. The maximum Gasteiger partial charge on any atom is 0.269 e. The van der Waals surface area contributed by atoms with Gasteiger partial charge in [-0.05, 0) is 49.3 Å². The summed E-state index contributed by atoms with van der Waals surface area (Å²) in [6.45, 7) is 2.75. The molecule has 0 radical (unpaired) electrons. The summed E-state index contributed by atoms with van der Waals surface area (Å²) in [6, 6.07) is 5.78. The third-order valence-electron chi connectivity index (χ3n) is 4.53. The van der Waals surface area contributed by atoms with Crippen LogP contribution < -0.4 is 16.2 Å². The van der Waals surface area contributed by atoms with Crippen molar-refractivity contribution in [2.75, 3.05) is 39.5 Å². The number of carbonyl (C=O) groups excluding carboxylic acids is 1. The lowest BCUT2D eigenvalue weighted by molar-refractivity contribution is 0.0730. The SMILES string of the molecule is O=C(NNC(=S)NC[C@H]1CCCO1)c1ccc(S(=O)(=O)N2CCOCC2)cc1. The van der Waals surface area contributed by atoms with Gasteiger partial charge in [0.2, 0.25) is 10.0 Å². The first-order valence-electron chi connectivity index (χ1n) is 9.10. The number of nitrogens with one attached hydrogen (secondary N) is 3. The molecule has 11 heteroatoms. The Balaban J connectivity index is 1.49. The molecule has 2 aliphatic heterocycles. The second kappa shape index (κ2) is 9.61. The summed E-state index contributed by atoms with van der Waals surface area (Å²) >= 11 is 5.11. The molecule has 0 aliphatic carbocycles. The molecular weight excluding hydrogens is 404 g/mol. The van der Waals surface area contributed by atoms with Crippen LogP contribution in [-0.2, 0) is 19.5 Å². The minimum Gasteiger partial charge on any atom is -0.379 e. The van der Waals surface area contributed by atoms with E-state index in [1.807, 2.05) is 0 Å². The van der Waals surface area contributed by atoms with Crippen molar-refractivity contribution in [1.82, 2.24) is 20.5 Å². The molecule has 0 bridgehead atoms. The lowest BCUT2D eigenvalue weighted by Gasteiger charge is -2.26. The number of sulfonamides is 1. The number of hydrogen-bond acceptors (Lipinski definition) is 6. The van der Waals surface area contributed by atoms with Gasteiger partial charge in [0.05, 0.1) is 24.2 Å².